The number of thiazole rings is 1. The van der Waals surface area contributed by atoms with Gasteiger partial charge >= 0.3 is 0 Å². The first-order valence-electron chi connectivity index (χ1n) is 7.25. The molecule has 0 radical (unpaired) electrons. The van der Waals surface area contributed by atoms with Crippen molar-refractivity contribution in [3.05, 3.63) is 41.4 Å². The number of aromatic nitrogens is 1. The van der Waals surface area contributed by atoms with Crippen molar-refractivity contribution in [3.63, 3.8) is 0 Å². The molecule has 1 aromatic heterocycles. The zero-order chi connectivity index (χ0) is 15.9. The van der Waals surface area contributed by atoms with Crippen molar-refractivity contribution in [2.24, 2.45) is 5.92 Å². The van der Waals surface area contributed by atoms with Gasteiger partial charge in [-0.25, -0.2) is 4.98 Å². The zero-order valence-corrected chi connectivity index (χ0v) is 13.4. The van der Waals surface area contributed by atoms with E-state index < -0.39 is 0 Å². The van der Waals surface area contributed by atoms with E-state index in [1.807, 2.05) is 13.8 Å². The molecule has 0 unspecified atom stereocenters. The van der Waals surface area contributed by atoms with Gasteiger partial charge in [0, 0.05) is 28.7 Å². The van der Waals surface area contributed by atoms with Gasteiger partial charge in [0.1, 0.15) is 0 Å². The van der Waals surface area contributed by atoms with E-state index >= 15 is 0 Å². The number of carbonyl (C=O) groups is 2. The molecule has 0 aliphatic rings. The van der Waals surface area contributed by atoms with E-state index in [2.05, 4.69) is 15.6 Å². The lowest BCUT2D eigenvalue weighted by Crippen LogP contribution is -2.21. The minimum absolute atomic E-state index is 0.0185. The molecule has 0 spiro atoms. The highest BCUT2D eigenvalue weighted by Crippen LogP contribution is 2.16. The number of nitrogens with one attached hydrogen (secondary N) is 2. The van der Waals surface area contributed by atoms with E-state index in [9.17, 15) is 9.59 Å². The second kappa shape index (κ2) is 7.70. The summed E-state index contributed by atoms with van der Waals surface area (Å²) in [5.74, 6) is -0.175. The van der Waals surface area contributed by atoms with Gasteiger partial charge in [0.2, 0.25) is 5.91 Å². The number of carbonyl (C=O) groups excluding carboxylic acids is 2. The van der Waals surface area contributed by atoms with Crippen molar-refractivity contribution in [3.8, 4) is 0 Å². The molecule has 1 aromatic carbocycles. The maximum atomic E-state index is 12.0. The molecule has 0 aliphatic heterocycles. The van der Waals surface area contributed by atoms with Crippen LogP contribution < -0.4 is 10.6 Å². The second-order valence-corrected chi connectivity index (χ2v) is 5.77. The Morgan fingerprint density at radius 1 is 1.14 bits per heavy atom. The van der Waals surface area contributed by atoms with Crippen molar-refractivity contribution in [2.75, 3.05) is 10.6 Å². The minimum Gasteiger partial charge on any atom is -0.326 e. The number of nitrogens with zero attached hydrogens (tertiary/aromatic N) is 1. The number of benzene rings is 1. The van der Waals surface area contributed by atoms with Crippen molar-refractivity contribution in [2.45, 2.75) is 26.7 Å². The van der Waals surface area contributed by atoms with E-state index in [1.165, 1.54) is 11.3 Å². The van der Waals surface area contributed by atoms with Gasteiger partial charge in [-0.05, 0) is 37.1 Å². The van der Waals surface area contributed by atoms with Crippen LogP contribution in [-0.4, -0.2) is 16.8 Å². The SMILES string of the molecule is CCC(CC)C(=O)Nc1ccc(C(=O)Nc2nccs2)cc1. The summed E-state index contributed by atoms with van der Waals surface area (Å²) in [7, 11) is 0. The topological polar surface area (TPSA) is 71.1 Å². The van der Waals surface area contributed by atoms with Crippen LogP contribution in [-0.2, 0) is 4.79 Å². The minimum atomic E-state index is -0.215. The smallest absolute Gasteiger partial charge is 0.257 e. The van der Waals surface area contributed by atoms with Crippen LogP contribution >= 0.6 is 11.3 Å². The summed E-state index contributed by atoms with van der Waals surface area (Å²) in [6.07, 6.45) is 3.27. The molecule has 22 heavy (non-hydrogen) atoms. The van der Waals surface area contributed by atoms with Crippen LogP contribution in [0.2, 0.25) is 0 Å². The summed E-state index contributed by atoms with van der Waals surface area (Å²) in [5, 5.41) is 7.95. The van der Waals surface area contributed by atoms with Crippen LogP contribution in [0, 0.1) is 5.92 Å². The Morgan fingerprint density at radius 2 is 1.82 bits per heavy atom. The number of rotatable bonds is 6. The Labute approximate surface area is 133 Å². The van der Waals surface area contributed by atoms with Gasteiger partial charge in [-0.2, -0.15) is 0 Å². The standard InChI is InChI=1S/C16H19N3O2S/c1-3-11(4-2)14(20)18-13-7-5-12(6-8-13)15(21)19-16-17-9-10-22-16/h5-11H,3-4H2,1-2H3,(H,18,20)(H,17,19,21). The third-order valence-corrected chi connectivity index (χ3v) is 4.11. The average Bonchev–Trinajstić information content (AvgIpc) is 3.02. The lowest BCUT2D eigenvalue weighted by atomic mass is 10.0. The van der Waals surface area contributed by atoms with E-state index in [-0.39, 0.29) is 17.7 Å². The van der Waals surface area contributed by atoms with Gasteiger partial charge in [0.05, 0.1) is 0 Å². The fourth-order valence-electron chi connectivity index (χ4n) is 2.06. The summed E-state index contributed by atoms with van der Waals surface area (Å²) < 4.78 is 0. The molecule has 0 atom stereocenters. The lowest BCUT2D eigenvalue weighted by Gasteiger charge is -2.13. The molecule has 116 valence electrons. The lowest BCUT2D eigenvalue weighted by molar-refractivity contribution is -0.120. The number of amides is 2. The quantitative estimate of drug-likeness (QED) is 0.852. The summed E-state index contributed by atoms with van der Waals surface area (Å²) in [5.41, 5.74) is 1.22. The maximum absolute atomic E-state index is 12.0. The fraction of sp³-hybridized carbons (Fsp3) is 0.312. The monoisotopic (exact) mass is 317 g/mol. The maximum Gasteiger partial charge on any atom is 0.257 e. The first-order valence-corrected chi connectivity index (χ1v) is 8.13. The molecule has 0 saturated carbocycles. The normalized spacial score (nSPS) is 10.5. The van der Waals surface area contributed by atoms with Gasteiger partial charge in [0.15, 0.2) is 5.13 Å². The summed E-state index contributed by atoms with van der Waals surface area (Å²) in [4.78, 5) is 28.0. The molecular formula is C16H19N3O2S. The van der Waals surface area contributed by atoms with E-state index in [0.717, 1.165) is 12.8 Å². The molecule has 0 bridgehead atoms. The van der Waals surface area contributed by atoms with Crippen molar-refractivity contribution >= 4 is 34.0 Å². The largest absolute Gasteiger partial charge is 0.326 e. The Balaban J connectivity index is 1.98. The Morgan fingerprint density at radius 3 is 2.36 bits per heavy atom. The van der Waals surface area contributed by atoms with Crippen LogP contribution in [0.5, 0.6) is 0 Å². The Bertz CT molecular complexity index is 619. The molecule has 1 heterocycles. The van der Waals surface area contributed by atoms with Gasteiger partial charge < -0.3 is 5.32 Å². The summed E-state index contributed by atoms with van der Waals surface area (Å²) in [6, 6.07) is 6.84. The van der Waals surface area contributed by atoms with E-state index in [0.29, 0.717) is 16.4 Å². The number of hydrogen-bond acceptors (Lipinski definition) is 4. The van der Waals surface area contributed by atoms with Crippen molar-refractivity contribution < 1.29 is 9.59 Å². The van der Waals surface area contributed by atoms with E-state index in [4.69, 9.17) is 0 Å². The van der Waals surface area contributed by atoms with Crippen LogP contribution in [0.3, 0.4) is 0 Å². The van der Waals surface area contributed by atoms with E-state index in [1.54, 1.807) is 35.8 Å². The summed E-state index contributed by atoms with van der Waals surface area (Å²) >= 11 is 1.37. The van der Waals surface area contributed by atoms with Gasteiger partial charge in [-0.15, -0.1) is 11.3 Å². The van der Waals surface area contributed by atoms with Gasteiger partial charge in [-0.3, -0.25) is 14.9 Å². The second-order valence-electron chi connectivity index (χ2n) is 4.87. The van der Waals surface area contributed by atoms with Gasteiger partial charge in [-0.1, -0.05) is 13.8 Å². The highest BCUT2D eigenvalue weighted by Gasteiger charge is 2.14. The highest BCUT2D eigenvalue weighted by molar-refractivity contribution is 7.13. The molecule has 2 aromatic rings. The first kappa shape index (κ1) is 16.2. The Kier molecular flexibility index (Phi) is 5.66. The molecular weight excluding hydrogens is 298 g/mol. The third-order valence-electron chi connectivity index (χ3n) is 3.42. The van der Waals surface area contributed by atoms with Crippen LogP contribution in [0.4, 0.5) is 10.8 Å². The highest BCUT2D eigenvalue weighted by atomic mass is 32.1. The van der Waals surface area contributed by atoms with Crippen molar-refractivity contribution in [1.82, 2.24) is 4.98 Å². The zero-order valence-electron chi connectivity index (χ0n) is 12.6. The van der Waals surface area contributed by atoms with Crippen LogP contribution in [0.1, 0.15) is 37.0 Å². The molecule has 2 rings (SSSR count). The Hall–Kier alpha value is -2.21. The van der Waals surface area contributed by atoms with Crippen LogP contribution in [0.25, 0.3) is 0 Å². The molecule has 5 nitrogen and oxygen atoms in total. The molecule has 2 N–H and O–H groups in total. The molecule has 6 heteroatoms. The average molecular weight is 317 g/mol. The molecule has 2 amide bonds. The fourth-order valence-corrected chi connectivity index (χ4v) is 2.59. The predicted molar refractivity (Wildman–Crippen MR) is 89.2 cm³/mol. The number of hydrogen-bond donors (Lipinski definition) is 2. The van der Waals surface area contributed by atoms with Gasteiger partial charge in [0.25, 0.3) is 5.91 Å². The molecule has 0 fully saturated rings. The first-order chi connectivity index (χ1) is 10.6. The number of anilines is 2. The van der Waals surface area contributed by atoms with Crippen LogP contribution in [0.15, 0.2) is 35.8 Å². The summed E-state index contributed by atoms with van der Waals surface area (Å²) in [6.45, 7) is 4.00. The van der Waals surface area contributed by atoms with Crippen molar-refractivity contribution in [1.29, 1.82) is 0 Å². The third kappa shape index (κ3) is 4.14. The predicted octanol–water partition coefficient (Wildman–Crippen LogP) is 3.77. The molecule has 0 aliphatic carbocycles. The molecule has 0 saturated heterocycles.